The van der Waals surface area contributed by atoms with Crippen LogP contribution in [0.5, 0.6) is 0 Å². The molecule has 23 heavy (non-hydrogen) atoms. The third-order valence-corrected chi connectivity index (χ3v) is 4.43. The Hall–Kier alpha value is -2.81. The smallest absolute Gasteiger partial charge is 0.180 e. The molecule has 0 saturated carbocycles. The predicted molar refractivity (Wildman–Crippen MR) is 89.1 cm³/mol. The molecule has 0 amide bonds. The number of hydrogen-bond acceptors (Lipinski definition) is 3. The van der Waals surface area contributed by atoms with Crippen molar-refractivity contribution in [2.24, 2.45) is 0 Å². The van der Waals surface area contributed by atoms with Gasteiger partial charge in [0.15, 0.2) is 11.6 Å². The molecule has 0 saturated heterocycles. The summed E-state index contributed by atoms with van der Waals surface area (Å²) in [5, 5.41) is 1.03. The van der Waals surface area contributed by atoms with E-state index in [9.17, 15) is 9.59 Å². The fourth-order valence-corrected chi connectivity index (χ4v) is 3.39. The van der Waals surface area contributed by atoms with Gasteiger partial charge in [-0.3, -0.25) is 14.6 Å². The molecule has 4 rings (SSSR count). The lowest BCUT2D eigenvalue weighted by Crippen LogP contribution is -2.14. The fourth-order valence-electron chi connectivity index (χ4n) is 3.39. The van der Waals surface area contributed by atoms with Gasteiger partial charge in [0.1, 0.15) is 5.92 Å². The molecule has 0 N–H and O–H groups in total. The normalized spacial score (nSPS) is 14.5. The molecule has 1 aromatic heterocycles. The Morgan fingerprint density at radius 3 is 2.17 bits per heavy atom. The van der Waals surface area contributed by atoms with E-state index in [-0.39, 0.29) is 11.6 Å². The number of aryl methyl sites for hydroxylation is 2. The van der Waals surface area contributed by atoms with E-state index in [1.807, 2.05) is 19.9 Å². The molecule has 0 radical (unpaired) electrons. The summed E-state index contributed by atoms with van der Waals surface area (Å²) in [6, 6.07) is 14.9. The van der Waals surface area contributed by atoms with E-state index in [1.165, 1.54) is 5.56 Å². The van der Waals surface area contributed by atoms with Crippen molar-refractivity contribution in [1.29, 1.82) is 0 Å². The van der Waals surface area contributed by atoms with Crippen LogP contribution in [0.1, 0.15) is 43.5 Å². The van der Waals surface area contributed by atoms with Crippen molar-refractivity contribution >= 4 is 22.5 Å². The van der Waals surface area contributed by atoms with Crippen molar-refractivity contribution in [1.82, 2.24) is 4.98 Å². The largest absolute Gasteiger partial charge is 0.293 e. The first kappa shape index (κ1) is 13.8. The van der Waals surface area contributed by atoms with Crippen molar-refractivity contribution < 1.29 is 9.59 Å². The zero-order chi connectivity index (χ0) is 16.1. The third-order valence-electron chi connectivity index (χ3n) is 4.43. The predicted octanol–water partition coefficient (Wildman–Crippen LogP) is 4.01. The molecule has 1 heterocycles. The summed E-state index contributed by atoms with van der Waals surface area (Å²) in [6.45, 7) is 4.04. The van der Waals surface area contributed by atoms with Gasteiger partial charge in [-0.15, -0.1) is 0 Å². The molecule has 0 aliphatic heterocycles. The molecule has 0 unspecified atom stereocenters. The number of nitrogens with zero attached hydrogens (tertiary/aromatic N) is 1. The summed E-state index contributed by atoms with van der Waals surface area (Å²) in [5.41, 5.74) is 4.62. The average Bonchev–Trinajstić information content (AvgIpc) is 2.79. The first-order chi connectivity index (χ1) is 11.1. The molecule has 3 aromatic rings. The third kappa shape index (κ3) is 2.00. The number of carbonyl (C=O) groups excluding carboxylic acids is 2. The van der Waals surface area contributed by atoms with Gasteiger partial charge in [-0.2, -0.15) is 0 Å². The van der Waals surface area contributed by atoms with Crippen LogP contribution < -0.4 is 0 Å². The second-order valence-corrected chi connectivity index (χ2v) is 6.10. The van der Waals surface area contributed by atoms with Gasteiger partial charge in [-0.1, -0.05) is 42.0 Å². The highest BCUT2D eigenvalue weighted by molar-refractivity contribution is 6.29. The molecule has 0 spiro atoms. The minimum absolute atomic E-state index is 0.151. The lowest BCUT2D eigenvalue weighted by atomic mass is 9.97. The quantitative estimate of drug-likeness (QED) is 0.638. The zero-order valence-corrected chi connectivity index (χ0v) is 13.0. The molecule has 3 nitrogen and oxygen atoms in total. The number of benzene rings is 2. The number of rotatable bonds is 1. The summed E-state index contributed by atoms with van der Waals surface area (Å²) in [6.07, 6.45) is 0. The molecule has 112 valence electrons. The summed E-state index contributed by atoms with van der Waals surface area (Å²) < 4.78 is 0. The van der Waals surface area contributed by atoms with Crippen molar-refractivity contribution in [2.45, 2.75) is 19.8 Å². The average molecular weight is 301 g/mol. The first-order valence-corrected chi connectivity index (χ1v) is 7.61. The van der Waals surface area contributed by atoms with E-state index in [1.54, 1.807) is 30.3 Å². The van der Waals surface area contributed by atoms with Crippen LogP contribution in [-0.4, -0.2) is 16.6 Å². The van der Waals surface area contributed by atoms with Gasteiger partial charge in [-0.05, 0) is 31.5 Å². The minimum atomic E-state index is -0.808. The Labute approximate surface area is 134 Å². The summed E-state index contributed by atoms with van der Waals surface area (Å²) >= 11 is 0. The van der Waals surface area contributed by atoms with Gasteiger partial charge in [0.2, 0.25) is 0 Å². The molecule has 1 aliphatic rings. The van der Waals surface area contributed by atoms with Crippen LogP contribution in [0.3, 0.4) is 0 Å². The first-order valence-electron chi connectivity index (χ1n) is 7.61. The Kier molecular flexibility index (Phi) is 2.91. The highest BCUT2D eigenvalue weighted by Crippen LogP contribution is 2.34. The molecular formula is C20H15NO2. The van der Waals surface area contributed by atoms with Crippen molar-refractivity contribution in [3.8, 4) is 0 Å². The fraction of sp³-hybridized carbons (Fsp3) is 0.150. The van der Waals surface area contributed by atoms with Gasteiger partial charge < -0.3 is 0 Å². The Morgan fingerprint density at radius 2 is 1.52 bits per heavy atom. The number of carbonyl (C=O) groups is 2. The van der Waals surface area contributed by atoms with Crippen molar-refractivity contribution in [2.75, 3.05) is 0 Å². The van der Waals surface area contributed by atoms with Crippen LogP contribution in [0, 0.1) is 13.8 Å². The van der Waals surface area contributed by atoms with E-state index in [0.29, 0.717) is 16.8 Å². The second-order valence-electron chi connectivity index (χ2n) is 6.10. The van der Waals surface area contributed by atoms with E-state index >= 15 is 0 Å². The van der Waals surface area contributed by atoms with Gasteiger partial charge in [0.05, 0.1) is 11.2 Å². The number of Topliss-reactive ketones (excluding diaryl/α,β-unsaturated/α-hetero) is 2. The molecule has 1 aliphatic carbocycles. The Bertz CT molecular complexity index is 953. The maximum Gasteiger partial charge on any atom is 0.180 e. The zero-order valence-electron chi connectivity index (χ0n) is 13.0. The minimum Gasteiger partial charge on any atom is -0.293 e. The maximum atomic E-state index is 12.6. The molecule has 2 aromatic carbocycles. The SMILES string of the molecule is Cc1cc(C)c2nc(C3C(=O)c4ccccc4C3=O)ccc2c1. The van der Waals surface area contributed by atoms with Crippen LogP contribution in [0.2, 0.25) is 0 Å². The highest BCUT2D eigenvalue weighted by atomic mass is 16.2. The summed E-state index contributed by atoms with van der Waals surface area (Å²) in [7, 11) is 0. The summed E-state index contributed by atoms with van der Waals surface area (Å²) in [5.74, 6) is -1.11. The number of pyridine rings is 1. The molecule has 0 fully saturated rings. The molecular weight excluding hydrogens is 286 g/mol. The highest BCUT2D eigenvalue weighted by Gasteiger charge is 2.40. The number of ketones is 2. The Balaban J connectivity index is 1.88. The van der Waals surface area contributed by atoms with Crippen molar-refractivity contribution in [3.05, 3.63) is 76.5 Å². The van der Waals surface area contributed by atoms with Crippen LogP contribution in [0.4, 0.5) is 0 Å². The number of hydrogen-bond donors (Lipinski definition) is 0. The standard InChI is InChI=1S/C20H15NO2/c1-11-9-12(2)18-13(10-11)7-8-16(21-18)17-19(22)14-5-3-4-6-15(14)20(17)23/h3-10,17H,1-2H3. The van der Waals surface area contributed by atoms with Crippen LogP contribution in [-0.2, 0) is 0 Å². The van der Waals surface area contributed by atoms with Gasteiger partial charge >= 0.3 is 0 Å². The van der Waals surface area contributed by atoms with Gasteiger partial charge in [0.25, 0.3) is 0 Å². The Morgan fingerprint density at radius 1 is 0.870 bits per heavy atom. The second kappa shape index (κ2) is 4.85. The lowest BCUT2D eigenvalue weighted by molar-refractivity contribution is 0.0888. The van der Waals surface area contributed by atoms with Gasteiger partial charge in [0, 0.05) is 16.5 Å². The topological polar surface area (TPSA) is 47.0 Å². The molecule has 0 atom stereocenters. The van der Waals surface area contributed by atoms with E-state index < -0.39 is 5.92 Å². The van der Waals surface area contributed by atoms with Crippen LogP contribution >= 0.6 is 0 Å². The monoisotopic (exact) mass is 301 g/mol. The van der Waals surface area contributed by atoms with E-state index in [0.717, 1.165) is 16.5 Å². The summed E-state index contributed by atoms with van der Waals surface area (Å²) in [4.78, 5) is 29.9. The molecule has 0 bridgehead atoms. The number of aromatic nitrogens is 1. The van der Waals surface area contributed by atoms with Crippen LogP contribution in [0.25, 0.3) is 10.9 Å². The maximum absolute atomic E-state index is 12.6. The molecule has 3 heteroatoms. The van der Waals surface area contributed by atoms with Gasteiger partial charge in [-0.25, -0.2) is 0 Å². The lowest BCUT2D eigenvalue weighted by Gasteiger charge is -2.10. The van der Waals surface area contributed by atoms with Crippen molar-refractivity contribution in [3.63, 3.8) is 0 Å². The van der Waals surface area contributed by atoms with E-state index in [2.05, 4.69) is 17.1 Å². The number of fused-ring (bicyclic) bond motifs is 2. The van der Waals surface area contributed by atoms with E-state index in [4.69, 9.17) is 0 Å². The van der Waals surface area contributed by atoms with Crippen LogP contribution in [0.15, 0.2) is 48.5 Å².